The van der Waals surface area contributed by atoms with Crippen LogP contribution >= 0.6 is 0 Å². The second-order valence-electron chi connectivity index (χ2n) is 6.82. The first-order chi connectivity index (χ1) is 12.0. The molecular weight excluding hydrogens is 330 g/mol. The molecule has 6 nitrogen and oxygen atoms in total. The van der Waals surface area contributed by atoms with E-state index in [0.29, 0.717) is 12.3 Å². The van der Waals surface area contributed by atoms with Gasteiger partial charge in [0.2, 0.25) is 11.8 Å². The summed E-state index contributed by atoms with van der Waals surface area (Å²) in [5.74, 6) is -0.196. The van der Waals surface area contributed by atoms with Crippen molar-refractivity contribution in [2.45, 2.75) is 65.3 Å². The summed E-state index contributed by atoms with van der Waals surface area (Å²) in [6, 6.07) is 5.45. The minimum atomic E-state index is -0.627. The van der Waals surface area contributed by atoms with E-state index in [1.165, 1.54) is 10.1 Å². The predicted octanol–water partition coefficient (Wildman–Crippen LogP) is 3.25. The van der Waals surface area contributed by atoms with Gasteiger partial charge in [0.25, 0.3) is 0 Å². The molecule has 1 aliphatic rings. The number of aryl methyl sites for hydroxylation is 1. The molecule has 0 saturated carbocycles. The summed E-state index contributed by atoms with van der Waals surface area (Å²) in [7, 11) is 1.73. The Balaban J connectivity index is 0.00000243. The molecule has 1 fully saturated rings. The molecule has 1 aromatic heterocycles. The molecule has 0 spiro atoms. The van der Waals surface area contributed by atoms with Gasteiger partial charge in [0.05, 0.1) is 11.0 Å². The lowest BCUT2D eigenvalue weighted by Crippen LogP contribution is -2.44. The number of benzene rings is 1. The summed E-state index contributed by atoms with van der Waals surface area (Å²) in [6.45, 7) is 4.36. The van der Waals surface area contributed by atoms with Crippen LogP contribution in [0.25, 0.3) is 11.0 Å². The second-order valence-corrected chi connectivity index (χ2v) is 6.82. The minimum Gasteiger partial charge on any atom is -0.295 e. The zero-order valence-corrected chi connectivity index (χ0v) is 15.0. The van der Waals surface area contributed by atoms with Gasteiger partial charge in [-0.05, 0) is 42.9 Å². The third-order valence-corrected chi connectivity index (χ3v) is 5.24. The van der Waals surface area contributed by atoms with Crippen LogP contribution in [0.1, 0.15) is 70.9 Å². The summed E-state index contributed by atoms with van der Waals surface area (Å²) < 4.78 is 3.13. The van der Waals surface area contributed by atoms with Crippen molar-refractivity contribution in [1.29, 1.82) is 0 Å². The van der Waals surface area contributed by atoms with Crippen LogP contribution in [0.3, 0.4) is 0 Å². The van der Waals surface area contributed by atoms with Gasteiger partial charge in [-0.25, -0.2) is 4.79 Å². The maximum atomic E-state index is 12.8. The van der Waals surface area contributed by atoms with Crippen LogP contribution in [0.2, 0.25) is 0 Å². The number of carbonyl (C=O) groups is 2. The molecule has 2 heterocycles. The first kappa shape index (κ1) is 19.9. The van der Waals surface area contributed by atoms with E-state index >= 15 is 0 Å². The molecule has 1 aliphatic heterocycles. The average Bonchev–Trinajstić information content (AvgIpc) is 2.84. The maximum absolute atomic E-state index is 12.8. The Morgan fingerprint density at radius 3 is 2.54 bits per heavy atom. The Bertz CT molecular complexity index is 878. The third-order valence-electron chi connectivity index (χ3n) is 5.24. The fourth-order valence-corrected chi connectivity index (χ4v) is 3.82. The van der Waals surface area contributed by atoms with Crippen molar-refractivity contribution < 1.29 is 9.59 Å². The van der Waals surface area contributed by atoms with E-state index in [9.17, 15) is 14.4 Å². The van der Waals surface area contributed by atoms with Gasteiger partial charge < -0.3 is 0 Å². The average molecular weight is 359 g/mol. The van der Waals surface area contributed by atoms with Crippen molar-refractivity contribution in [2.24, 2.45) is 7.05 Å². The number of carbonyl (C=O) groups excluding carboxylic acids is 2. The SMILES string of the molecule is C.CCCC(CC)c1ccc2c(c1)n(C)c(=O)n2C1CCC(=O)NC1=O. The quantitative estimate of drug-likeness (QED) is 0.833. The molecule has 26 heavy (non-hydrogen) atoms. The van der Waals surface area contributed by atoms with Crippen LogP contribution in [0.5, 0.6) is 0 Å². The standard InChI is InChI=1S/C19H25N3O3.CH4/c1-4-6-12(5-2)13-7-8-14-16(11-13)21(3)19(25)22(14)15-9-10-17(23)20-18(15)24;/h7-8,11-12,15H,4-6,9-10H2,1-3H3,(H,20,23,24);1H4. The minimum absolute atomic E-state index is 0. The lowest BCUT2D eigenvalue weighted by atomic mass is 9.92. The van der Waals surface area contributed by atoms with E-state index in [1.54, 1.807) is 11.6 Å². The monoisotopic (exact) mass is 359 g/mol. The highest BCUT2D eigenvalue weighted by Gasteiger charge is 2.31. The number of fused-ring (bicyclic) bond motifs is 1. The van der Waals surface area contributed by atoms with Crippen molar-refractivity contribution in [1.82, 2.24) is 14.5 Å². The van der Waals surface area contributed by atoms with Crippen LogP contribution in [-0.2, 0) is 16.6 Å². The molecule has 2 unspecified atom stereocenters. The molecule has 6 heteroatoms. The highest BCUT2D eigenvalue weighted by Crippen LogP contribution is 2.29. The van der Waals surface area contributed by atoms with Crippen LogP contribution in [-0.4, -0.2) is 20.9 Å². The van der Waals surface area contributed by atoms with Crippen LogP contribution < -0.4 is 11.0 Å². The van der Waals surface area contributed by atoms with Crippen LogP contribution in [0.4, 0.5) is 0 Å². The summed E-state index contributed by atoms with van der Waals surface area (Å²) >= 11 is 0. The number of imidazole rings is 1. The predicted molar refractivity (Wildman–Crippen MR) is 103 cm³/mol. The van der Waals surface area contributed by atoms with E-state index in [-0.39, 0.29) is 25.4 Å². The van der Waals surface area contributed by atoms with Gasteiger partial charge in [0, 0.05) is 13.5 Å². The number of piperidine rings is 1. The zero-order valence-electron chi connectivity index (χ0n) is 15.0. The molecule has 2 atom stereocenters. The lowest BCUT2D eigenvalue weighted by molar-refractivity contribution is -0.135. The van der Waals surface area contributed by atoms with Gasteiger partial charge in [-0.15, -0.1) is 0 Å². The normalized spacial score (nSPS) is 18.5. The number of amides is 2. The highest BCUT2D eigenvalue weighted by molar-refractivity contribution is 6.00. The van der Waals surface area contributed by atoms with Crippen LogP contribution in [0, 0.1) is 0 Å². The van der Waals surface area contributed by atoms with E-state index < -0.39 is 11.9 Å². The summed E-state index contributed by atoms with van der Waals surface area (Å²) in [5.41, 5.74) is 2.59. The maximum Gasteiger partial charge on any atom is 0.329 e. The lowest BCUT2D eigenvalue weighted by Gasteiger charge is -2.22. The van der Waals surface area contributed by atoms with Gasteiger partial charge in [0.15, 0.2) is 0 Å². The van der Waals surface area contributed by atoms with Gasteiger partial charge in [-0.2, -0.15) is 0 Å². The largest absolute Gasteiger partial charge is 0.329 e. The first-order valence-electron chi connectivity index (χ1n) is 9.02. The number of aromatic nitrogens is 2. The summed E-state index contributed by atoms with van der Waals surface area (Å²) in [6.07, 6.45) is 3.91. The molecule has 0 aliphatic carbocycles. The van der Waals surface area contributed by atoms with Gasteiger partial charge in [-0.3, -0.25) is 24.0 Å². The molecule has 142 valence electrons. The Kier molecular flexibility index (Phi) is 6.05. The summed E-state index contributed by atoms with van der Waals surface area (Å²) in [4.78, 5) is 36.4. The summed E-state index contributed by atoms with van der Waals surface area (Å²) in [5, 5.41) is 2.34. The third kappa shape index (κ3) is 3.32. The van der Waals surface area contributed by atoms with Crippen LogP contribution in [0.15, 0.2) is 23.0 Å². The molecule has 0 bridgehead atoms. The Hall–Kier alpha value is -2.37. The van der Waals surface area contributed by atoms with E-state index in [4.69, 9.17) is 0 Å². The fraction of sp³-hybridized carbons (Fsp3) is 0.550. The highest BCUT2D eigenvalue weighted by atomic mass is 16.2. The fourth-order valence-electron chi connectivity index (χ4n) is 3.82. The molecule has 1 saturated heterocycles. The molecule has 1 aromatic carbocycles. The van der Waals surface area contributed by atoms with E-state index in [1.807, 2.05) is 6.07 Å². The van der Waals surface area contributed by atoms with Gasteiger partial charge >= 0.3 is 5.69 Å². The smallest absolute Gasteiger partial charge is 0.295 e. The van der Waals surface area contributed by atoms with Gasteiger partial charge in [-0.1, -0.05) is 33.8 Å². The van der Waals surface area contributed by atoms with Gasteiger partial charge in [0.1, 0.15) is 6.04 Å². The molecule has 2 amide bonds. The van der Waals surface area contributed by atoms with Crippen molar-refractivity contribution >= 4 is 22.8 Å². The van der Waals surface area contributed by atoms with Crippen molar-refractivity contribution in [2.75, 3.05) is 0 Å². The van der Waals surface area contributed by atoms with E-state index in [0.717, 1.165) is 30.3 Å². The number of hydrogen-bond donors (Lipinski definition) is 1. The number of imide groups is 1. The molecule has 3 rings (SSSR count). The number of nitrogens with zero attached hydrogens (tertiary/aromatic N) is 2. The molecule has 1 N–H and O–H groups in total. The first-order valence-corrected chi connectivity index (χ1v) is 9.02. The molecule has 2 aromatic rings. The van der Waals surface area contributed by atoms with Crippen molar-refractivity contribution in [3.63, 3.8) is 0 Å². The number of hydrogen-bond acceptors (Lipinski definition) is 3. The Labute approximate surface area is 154 Å². The van der Waals surface area contributed by atoms with E-state index in [2.05, 4.69) is 31.3 Å². The van der Waals surface area contributed by atoms with Crippen molar-refractivity contribution in [3.8, 4) is 0 Å². The number of rotatable bonds is 5. The topological polar surface area (TPSA) is 73.1 Å². The second kappa shape index (κ2) is 7.89. The number of nitrogens with one attached hydrogen (secondary N) is 1. The Morgan fingerprint density at radius 1 is 1.19 bits per heavy atom. The molecular formula is C20H29N3O3. The zero-order chi connectivity index (χ0) is 18.1. The van der Waals surface area contributed by atoms with Crippen molar-refractivity contribution in [3.05, 3.63) is 34.2 Å². The Morgan fingerprint density at radius 2 is 1.92 bits per heavy atom. The molecule has 0 radical (unpaired) electrons.